The molecule has 4 rings (SSSR count). The maximum absolute atomic E-state index is 13.3. The first kappa shape index (κ1) is 18.4. The Kier molecular flexibility index (Phi) is 5.24. The minimum absolute atomic E-state index is 0.0447. The Balaban J connectivity index is 1.46. The molecule has 0 bridgehead atoms. The van der Waals surface area contributed by atoms with Crippen molar-refractivity contribution in [2.75, 3.05) is 0 Å². The molecule has 1 aliphatic heterocycles. The minimum atomic E-state index is -0.279. The van der Waals surface area contributed by atoms with Crippen LogP contribution in [0.1, 0.15) is 40.0 Å². The molecule has 3 aromatic rings. The van der Waals surface area contributed by atoms with Gasteiger partial charge >= 0.3 is 0 Å². The molecule has 0 radical (unpaired) electrons. The van der Waals surface area contributed by atoms with Crippen LogP contribution in [-0.2, 0) is 19.6 Å². The fraction of sp³-hybridized carbons (Fsp3) is 0.304. The normalized spacial score (nSPS) is 16.3. The number of Topliss-reactive ketones (excluding diaryl/α,β-unsaturated/α-hetero) is 1. The number of fused-ring (bicyclic) bond motifs is 1. The first-order chi connectivity index (χ1) is 13.6. The summed E-state index contributed by atoms with van der Waals surface area (Å²) in [6.07, 6.45) is 2.42. The van der Waals surface area contributed by atoms with E-state index < -0.39 is 0 Å². The molecular weight excluding hydrogens is 355 g/mol. The largest absolute Gasteiger partial charge is 0.472 e. The van der Waals surface area contributed by atoms with E-state index in [9.17, 15) is 9.18 Å². The number of aromatic nitrogens is 2. The van der Waals surface area contributed by atoms with Crippen LogP contribution >= 0.6 is 0 Å². The third kappa shape index (κ3) is 4.14. The number of ether oxygens (including phenoxy) is 1. The molecule has 0 saturated heterocycles. The SMILES string of the molecule is Cc1ccc(C(=O)C2CCCn3nc(OCc4cccc(F)c4)cc3C2)cc1. The lowest BCUT2D eigenvalue weighted by molar-refractivity contribution is 0.0912. The summed E-state index contributed by atoms with van der Waals surface area (Å²) in [5.41, 5.74) is 3.69. The number of benzene rings is 2. The first-order valence-corrected chi connectivity index (χ1v) is 9.63. The fourth-order valence-electron chi connectivity index (χ4n) is 3.66. The third-order valence-corrected chi connectivity index (χ3v) is 5.20. The highest BCUT2D eigenvalue weighted by atomic mass is 19.1. The number of carbonyl (C=O) groups is 1. The van der Waals surface area contributed by atoms with E-state index in [-0.39, 0.29) is 24.1 Å². The van der Waals surface area contributed by atoms with Crippen LogP contribution in [-0.4, -0.2) is 15.6 Å². The van der Waals surface area contributed by atoms with Crippen molar-refractivity contribution < 1.29 is 13.9 Å². The van der Waals surface area contributed by atoms with Gasteiger partial charge in [0, 0.05) is 29.8 Å². The van der Waals surface area contributed by atoms with E-state index in [1.807, 2.05) is 48.0 Å². The van der Waals surface area contributed by atoms with Gasteiger partial charge in [0.05, 0.1) is 0 Å². The van der Waals surface area contributed by atoms with E-state index in [2.05, 4.69) is 5.10 Å². The smallest absolute Gasteiger partial charge is 0.233 e. The molecule has 1 atom stereocenters. The van der Waals surface area contributed by atoms with Gasteiger partial charge in [-0.05, 0) is 43.9 Å². The second-order valence-electron chi connectivity index (χ2n) is 7.39. The van der Waals surface area contributed by atoms with Crippen molar-refractivity contribution in [2.45, 2.75) is 39.3 Å². The number of hydrogen-bond donors (Lipinski definition) is 0. The van der Waals surface area contributed by atoms with Gasteiger partial charge in [0.25, 0.3) is 0 Å². The second-order valence-corrected chi connectivity index (χ2v) is 7.39. The molecule has 2 heterocycles. The highest BCUT2D eigenvalue weighted by Crippen LogP contribution is 2.26. The number of carbonyl (C=O) groups excluding carboxylic acids is 1. The number of halogens is 1. The number of aryl methyl sites for hydroxylation is 2. The van der Waals surface area contributed by atoms with E-state index in [1.165, 1.54) is 12.1 Å². The quantitative estimate of drug-likeness (QED) is 0.602. The number of rotatable bonds is 5. The van der Waals surface area contributed by atoms with E-state index in [4.69, 9.17) is 4.74 Å². The molecule has 0 amide bonds. The van der Waals surface area contributed by atoms with Crippen LogP contribution in [0.3, 0.4) is 0 Å². The molecular formula is C23H23FN2O2. The highest BCUT2D eigenvalue weighted by Gasteiger charge is 2.25. The molecule has 1 aliphatic rings. The Bertz CT molecular complexity index is 979. The predicted molar refractivity (Wildman–Crippen MR) is 105 cm³/mol. The molecule has 2 aromatic carbocycles. The topological polar surface area (TPSA) is 44.1 Å². The maximum atomic E-state index is 13.3. The Morgan fingerprint density at radius 2 is 2.04 bits per heavy atom. The zero-order valence-electron chi connectivity index (χ0n) is 15.9. The van der Waals surface area contributed by atoms with E-state index in [1.54, 1.807) is 6.07 Å². The van der Waals surface area contributed by atoms with Crippen LogP contribution < -0.4 is 4.74 Å². The summed E-state index contributed by atoms with van der Waals surface area (Å²) in [4.78, 5) is 12.9. The molecule has 28 heavy (non-hydrogen) atoms. The minimum Gasteiger partial charge on any atom is -0.472 e. The highest BCUT2D eigenvalue weighted by molar-refractivity contribution is 5.98. The molecule has 1 unspecified atom stereocenters. The van der Waals surface area contributed by atoms with Crippen molar-refractivity contribution in [3.05, 3.63) is 82.8 Å². The monoisotopic (exact) mass is 378 g/mol. The number of ketones is 1. The van der Waals surface area contributed by atoms with Crippen molar-refractivity contribution >= 4 is 5.78 Å². The average Bonchev–Trinajstić information content (AvgIpc) is 2.96. The van der Waals surface area contributed by atoms with E-state index in [0.29, 0.717) is 12.3 Å². The van der Waals surface area contributed by atoms with Gasteiger partial charge in [-0.15, -0.1) is 5.10 Å². The van der Waals surface area contributed by atoms with Gasteiger partial charge in [0.2, 0.25) is 5.88 Å². The Morgan fingerprint density at radius 1 is 1.21 bits per heavy atom. The molecule has 0 spiro atoms. The van der Waals surface area contributed by atoms with Crippen molar-refractivity contribution in [1.82, 2.24) is 9.78 Å². The summed E-state index contributed by atoms with van der Waals surface area (Å²) >= 11 is 0. The number of nitrogens with zero attached hydrogens (tertiary/aromatic N) is 2. The van der Waals surface area contributed by atoms with Crippen LogP contribution in [0.15, 0.2) is 54.6 Å². The summed E-state index contributed by atoms with van der Waals surface area (Å²) in [5.74, 6) is 0.385. The van der Waals surface area contributed by atoms with Crippen LogP contribution in [0, 0.1) is 18.7 Å². The van der Waals surface area contributed by atoms with Crippen LogP contribution in [0.4, 0.5) is 4.39 Å². The van der Waals surface area contributed by atoms with Crippen LogP contribution in [0.5, 0.6) is 5.88 Å². The molecule has 0 saturated carbocycles. The average molecular weight is 378 g/mol. The maximum Gasteiger partial charge on any atom is 0.233 e. The molecule has 144 valence electrons. The van der Waals surface area contributed by atoms with Crippen LogP contribution in [0.2, 0.25) is 0 Å². The summed E-state index contributed by atoms with van der Waals surface area (Å²) in [5, 5.41) is 4.52. The summed E-state index contributed by atoms with van der Waals surface area (Å²) in [6.45, 7) is 3.06. The standard InChI is InChI=1S/C23H23FN2O2/c1-16-7-9-18(10-8-16)23(27)19-5-3-11-26-21(13-19)14-22(25-26)28-15-17-4-2-6-20(24)12-17/h2,4,6-10,12,14,19H,3,5,11,13,15H2,1H3. The third-order valence-electron chi connectivity index (χ3n) is 5.20. The molecule has 0 N–H and O–H groups in total. The fourth-order valence-corrected chi connectivity index (χ4v) is 3.66. The molecule has 0 aliphatic carbocycles. The predicted octanol–water partition coefficient (Wildman–Crippen LogP) is 4.75. The van der Waals surface area contributed by atoms with Gasteiger partial charge in [-0.2, -0.15) is 0 Å². The first-order valence-electron chi connectivity index (χ1n) is 9.63. The van der Waals surface area contributed by atoms with Crippen molar-refractivity contribution in [3.63, 3.8) is 0 Å². The van der Waals surface area contributed by atoms with Crippen molar-refractivity contribution in [1.29, 1.82) is 0 Å². The summed E-state index contributed by atoms with van der Waals surface area (Å²) < 4.78 is 21.0. The molecule has 0 fully saturated rings. The second kappa shape index (κ2) is 7.97. The Morgan fingerprint density at radius 3 is 2.82 bits per heavy atom. The van der Waals surface area contributed by atoms with Crippen molar-refractivity contribution in [3.8, 4) is 5.88 Å². The number of hydrogen-bond acceptors (Lipinski definition) is 3. The molecule has 4 nitrogen and oxygen atoms in total. The van der Waals surface area contributed by atoms with Gasteiger partial charge in [-0.1, -0.05) is 42.0 Å². The Hall–Kier alpha value is -2.95. The molecule has 1 aromatic heterocycles. The lowest BCUT2D eigenvalue weighted by Gasteiger charge is -2.12. The molecule has 5 heteroatoms. The van der Waals surface area contributed by atoms with Gasteiger partial charge in [-0.3, -0.25) is 9.48 Å². The summed E-state index contributed by atoms with van der Waals surface area (Å²) in [6, 6.07) is 16.0. The zero-order chi connectivity index (χ0) is 19.5. The van der Waals surface area contributed by atoms with Gasteiger partial charge in [-0.25, -0.2) is 4.39 Å². The lowest BCUT2D eigenvalue weighted by Crippen LogP contribution is -2.17. The summed E-state index contributed by atoms with van der Waals surface area (Å²) in [7, 11) is 0. The van der Waals surface area contributed by atoms with Gasteiger partial charge in [0.15, 0.2) is 5.78 Å². The van der Waals surface area contributed by atoms with E-state index >= 15 is 0 Å². The van der Waals surface area contributed by atoms with Gasteiger partial charge in [0.1, 0.15) is 12.4 Å². The van der Waals surface area contributed by atoms with Crippen LogP contribution in [0.25, 0.3) is 0 Å². The Labute approximate surface area is 164 Å². The van der Waals surface area contributed by atoms with Gasteiger partial charge < -0.3 is 4.74 Å². The van der Waals surface area contributed by atoms with E-state index in [0.717, 1.165) is 41.8 Å². The van der Waals surface area contributed by atoms with Crippen molar-refractivity contribution in [2.24, 2.45) is 5.92 Å². The zero-order valence-corrected chi connectivity index (χ0v) is 15.9. The lowest BCUT2D eigenvalue weighted by atomic mass is 9.90.